The van der Waals surface area contributed by atoms with E-state index in [2.05, 4.69) is 5.32 Å². The van der Waals surface area contributed by atoms with Crippen molar-refractivity contribution in [3.8, 4) is 0 Å². The molecule has 0 aliphatic carbocycles. The van der Waals surface area contributed by atoms with E-state index in [0.29, 0.717) is 29.9 Å². The number of carbonyl (C=O) groups is 2. The fourth-order valence-electron chi connectivity index (χ4n) is 3.60. The van der Waals surface area contributed by atoms with Gasteiger partial charge < -0.3 is 5.32 Å². The average Bonchev–Trinajstić information content (AvgIpc) is 3.36. The lowest BCUT2D eigenvalue weighted by Crippen LogP contribution is -2.28. The molecule has 31 heavy (non-hydrogen) atoms. The van der Waals surface area contributed by atoms with E-state index in [0.717, 1.165) is 12.8 Å². The van der Waals surface area contributed by atoms with Crippen molar-refractivity contribution in [3.63, 3.8) is 0 Å². The van der Waals surface area contributed by atoms with E-state index in [1.165, 1.54) is 16.4 Å². The van der Waals surface area contributed by atoms with Gasteiger partial charge in [0.15, 0.2) is 5.78 Å². The number of rotatable bonds is 6. The summed E-state index contributed by atoms with van der Waals surface area (Å²) in [5, 5.41) is 2.76. The number of benzene rings is 3. The number of hydrogen-bond acceptors (Lipinski definition) is 4. The SMILES string of the molecule is O=C(Nc1ccccc1C(=O)c1ccccc1)c1cccc(S(=O)(=O)N2CCCC2)c1. The molecular weight excluding hydrogens is 412 g/mol. The Bertz CT molecular complexity index is 1220. The number of ketones is 1. The fourth-order valence-corrected chi connectivity index (χ4v) is 5.17. The molecule has 1 aliphatic heterocycles. The van der Waals surface area contributed by atoms with Crippen molar-refractivity contribution in [2.24, 2.45) is 0 Å². The van der Waals surface area contributed by atoms with Gasteiger partial charge >= 0.3 is 0 Å². The van der Waals surface area contributed by atoms with Gasteiger partial charge in [-0.1, -0.05) is 48.5 Å². The maximum Gasteiger partial charge on any atom is 0.255 e. The minimum Gasteiger partial charge on any atom is -0.321 e. The fraction of sp³-hybridized carbons (Fsp3) is 0.167. The summed E-state index contributed by atoms with van der Waals surface area (Å²) in [4.78, 5) is 25.9. The van der Waals surface area contributed by atoms with Gasteiger partial charge in [-0.2, -0.15) is 4.31 Å². The first-order chi connectivity index (χ1) is 15.0. The predicted molar refractivity (Wildman–Crippen MR) is 119 cm³/mol. The van der Waals surface area contributed by atoms with Crippen LogP contribution >= 0.6 is 0 Å². The molecule has 0 bridgehead atoms. The molecule has 0 saturated carbocycles. The summed E-state index contributed by atoms with van der Waals surface area (Å²) in [7, 11) is -3.63. The first-order valence-corrected chi connectivity index (χ1v) is 11.5. The molecule has 0 unspecified atom stereocenters. The topological polar surface area (TPSA) is 83.5 Å². The molecule has 158 valence electrons. The van der Waals surface area contributed by atoms with Gasteiger partial charge in [0.1, 0.15) is 0 Å². The molecule has 1 fully saturated rings. The van der Waals surface area contributed by atoms with Crippen LogP contribution in [0.25, 0.3) is 0 Å². The van der Waals surface area contributed by atoms with Crippen LogP contribution in [-0.2, 0) is 10.0 Å². The molecular formula is C24H22N2O4S. The molecule has 1 heterocycles. The van der Waals surface area contributed by atoms with Crippen LogP contribution in [0.4, 0.5) is 5.69 Å². The van der Waals surface area contributed by atoms with E-state index in [9.17, 15) is 18.0 Å². The van der Waals surface area contributed by atoms with Gasteiger partial charge in [0.25, 0.3) is 5.91 Å². The second-order valence-corrected chi connectivity index (χ2v) is 9.27. The van der Waals surface area contributed by atoms with Crippen molar-refractivity contribution in [1.29, 1.82) is 0 Å². The van der Waals surface area contributed by atoms with E-state index >= 15 is 0 Å². The molecule has 4 rings (SSSR count). The summed E-state index contributed by atoms with van der Waals surface area (Å²) >= 11 is 0. The van der Waals surface area contributed by atoms with Crippen LogP contribution in [0.15, 0.2) is 83.8 Å². The standard InChI is InChI=1S/C24H22N2O4S/c27-23(18-9-2-1-3-10-18)21-13-4-5-14-22(21)25-24(28)19-11-8-12-20(17-19)31(29,30)26-15-6-7-16-26/h1-5,8-14,17H,6-7,15-16H2,(H,25,28). The summed E-state index contributed by atoms with van der Waals surface area (Å²) in [6.07, 6.45) is 1.68. The van der Waals surface area contributed by atoms with Crippen LogP contribution in [-0.4, -0.2) is 37.5 Å². The number of nitrogens with zero attached hydrogens (tertiary/aromatic N) is 1. The van der Waals surface area contributed by atoms with Crippen molar-refractivity contribution < 1.29 is 18.0 Å². The Morgan fingerprint density at radius 3 is 2.16 bits per heavy atom. The molecule has 3 aromatic rings. The van der Waals surface area contributed by atoms with Gasteiger partial charge in [0.05, 0.1) is 10.6 Å². The summed E-state index contributed by atoms with van der Waals surface area (Å²) in [6, 6.07) is 21.6. The first kappa shape index (κ1) is 21.0. The summed E-state index contributed by atoms with van der Waals surface area (Å²) in [5.41, 5.74) is 1.46. The molecule has 3 aromatic carbocycles. The van der Waals surface area contributed by atoms with Crippen molar-refractivity contribution >= 4 is 27.4 Å². The Balaban J connectivity index is 1.59. The van der Waals surface area contributed by atoms with Crippen molar-refractivity contribution in [2.45, 2.75) is 17.7 Å². The van der Waals surface area contributed by atoms with Crippen LogP contribution < -0.4 is 5.32 Å². The lowest BCUT2D eigenvalue weighted by atomic mass is 10.0. The Morgan fingerprint density at radius 1 is 0.774 bits per heavy atom. The van der Waals surface area contributed by atoms with Crippen LogP contribution in [0.5, 0.6) is 0 Å². The van der Waals surface area contributed by atoms with E-state index in [1.54, 1.807) is 60.7 Å². The molecule has 7 heteroatoms. The molecule has 1 amide bonds. The lowest BCUT2D eigenvalue weighted by Gasteiger charge is -2.16. The highest BCUT2D eigenvalue weighted by molar-refractivity contribution is 7.89. The van der Waals surface area contributed by atoms with Gasteiger partial charge in [0.2, 0.25) is 10.0 Å². The third kappa shape index (κ3) is 4.42. The minimum absolute atomic E-state index is 0.0932. The maximum absolute atomic E-state index is 12.9. The molecule has 6 nitrogen and oxygen atoms in total. The van der Waals surface area contributed by atoms with Gasteiger partial charge in [-0.25, -0.2) is 8.42 Å². The Kier molecular flexibility index (Phi) is 5.97. The summed E-state index contributed by atoms with van der Waals surface area (Å²) in [6.45, 7) is 0.988. The van der Waals surface area contributed by atoms with Gasteiger partial charge in [-0.3, -0.25) is 9.59 Å². The maximum atomic E-state index is 12.9. The number of amides is 1. The highest BCUT2D eigenvalue weighted by Gasteiger charge is 2.27. The summed E-state index contributed by atoms with van der Waals surface area (Å²) < 4.78 is 27.1. The molecule has 1 aliphatic rings. The zero-order chi connectivity index (χ0) is 21.8. The van der Waals surface area contributed by atoms with Crippen LogP contribution in [0.3, 0.4) is 0 Å². The quantitative estimate of drug-likeness (QED) is 0.596. The summed E-state index contributed by atoms with van der Waals surface area (Å²) in [5.74, 6) is -0.686. The van der Waals surface area contributed by atoms with Crippen LogP contribution in [0.1, 0.15) is 39.1 Å². The zero-order valence-corrected chi connectivity index (χ0v) is 17.6. The third-order valence-electron chi connectivity index (χ3n) is 5.25. The van der Waals surface area contributed by atoms with Crippen LogP contribution in [0, 0.1) is 0 Å². The minimum atomic E-state index is -3.63. The van der Waals surface area contributed by atoms with E-state index in [-0.39, 0.29) is 16.2 Å². The van der Waals surface area contributed by atoms with Crippen molar-refractivity contribution in [3.05, 3.63) is 95.6 Å². The average molecular weight is 435 g/mol. The Hall–Kier alpha value is -3.29. The molecule has 0 atom stereocenters. The van der Waals surface area contributed by atoms with E-state index < -0.39 is 15.9 Å². The second-order valence-electron chi connectivity index (χ2n) is 7.33. The van der Waals surface area contributed by atoms with E-state index in [4.69, 9.17) is 0 Å². The highest BCUT2D eigenvalue weighted by Crippen LogP contribution is 2.23. The highest BCUT2D eigenvalue weighted by atomic mass is 32.2. The smallest absolute Gasteiger partial charge is 0.255 e. The largest absolute Gasteiger partial charge is 0.321 e. The number of nitrogens with one attached hydrogen (secondary N) is 1. The lowest BCUT2D eigenvalue weighted by molar-refractivity contribution is 0.102. The third-order valence-corrected chi connectivity index (χ3v) is 7.15. The molecule has 0 aromatic heterocycles. The Labute approximate surface area is 181 Å². The van der Waals surface area contributed by atoms with Crippen molar-refractivity contribution in [1.82, 2.24) is 4.31 Å². The van der Waals surface area contributed by atoms with Crippen molar-refractivity contribution in [2.75, 3.05) is 18.4 Å². The predicted octanol–water partition coefficient (Wildman–Crippen LogP) is 3.95. The van der Waals surface area contributed by atoms with Gasteiger partial charge in [0, 0.05) is 29.8 Å². The zero-order valence-electron chi connectivity index (χ0n) is 16.8. The number of sulfonamides is 1. The van der Waals surface area contributed by atoms with Gasteiger partial charge in [-0.05, 0) is 43.2 Å². The molecule has 0 radical (unpaired) electrons. The monoisotopic (exact) mass is 434 g/mol. The number of anilines is 1. The molecule has 0 spiro atoms. The Morgan fingerprint density at radius 2 is 1.42 bits per heavy atom. The first-order valence-electron chi connectivity index (χ1n) is 10.1. The number of para-hydroxylation sites is 1. The van der Waals surface area contributed by atoms with Crippen LogP contribution in [0.2, 0.25) is 0 Å². The van der Waals surface area contributed by atoms with E-state index in [1.807, 2.05) is 6.07 Å². The van der Waals surface area contributed by atoms with Gasteiger partial charge in [-0.15, -0.1) is 0 Å². The normalized spacial score (nSPS) is 14.3. The molecule has 1 N–H and O–H groups in total. The second kappa shape index (κ2) is 8.83. The number of hydrogen-bond donors (Lipinski definition) is 1. The number of carbonyl (C=O) groups excluding carboxylic acids is 2. The molecule has 1 saturated heterocycles.